The minimum Gasteiger partial charge on any atom is -0.309 e. The molecule has 0 fully saturated rings. The molecule has 0 aliphatic heterocycles. The first-order chi connectivity index (χ1) is 10.2. The fourth-order valence-corrected chi connectivity index (χ4v) is 2.27. The van der Waals surface area contributed by atoms with Crippen LogP contribution in [0.4, 0.5) is 0 Å². The van der Waals surface area contributed by atoms with E-state index >= 15 is 0 Å². The number of pyridine rings is 2. The zero-order valence-corrected chi connectivity index (χ0v) is 12.9. The molecular weight excluding hydrogens is 260 g/mol. The van der Waals surface area contributed by atoms with Crippen LogP contribution in [0.3, 0.4) is 0 Å². The molecule has 0 atom stereocenters. The summed E-state index contributed by atoms with van der Waals surface area (Å²) in [6, 6.07) is 12.2. The number of hydrogen-bond donors (Lipinski definition) is 0. The molecule has 0 aliphatic carbocycles. The Morgan fingerprint density at radius 2 is 1.38 bits per heavy atom. The van der Waals surface area contributed by atoms with Crippen LogP contribution >= 0.6 is 0 Å². The van der Waals surface area contributed by atoms with Crippen molar-refractivity contribution < 1.29 is 0 Å². The second-order valence-electron chi connectivity index (χ2n) is 5.51. The Bertz CT molecular complexity index is 457. The summed E-state index contributed by atoms with van der Waals surface area (Å²) in [7, 11) is 4.23. The third-order valence-electron chi connectivity index (χ3n) is 3.30. The predicted molar refractivity (Wildman–Crippen MR) is 85.8 cm³/mol. The summed E-state index contributed by atoms with van der Waals surface area (Å²) in [5, 5.41) is 0. The van der Waals surface area contributed by atoms with Crippen molar-refractivity contribution in [1.29, 1.82) is 0 Å². The fraction of sp³-hybridized carbons (Fsp3) is 0.412. The Hall–Kier alpha value is -1.78. The van der Waals surface area contributed by atoms with Gasteiger partial charge in [-0.25, -0.2) is 0 Å². The molecule has 0 saturated carbocycles. The molecule has 2 rings (SSSR count). The lowest BCUT2D eigenvalue weighted by molar-refractivity contribution is 0.235. The van der Waals surface area contributed by atoms with Crippen LogP contribution in [0.5, 0.6) is 0 Å². The second-order valence-corrected chi connectivity index (χ2v) is 5.51. The van der Waals surface area contributed by atoms with Crippen LogP contribution in [0.25, 0.3) is 0 Å². The van der Waals surface area contributed by atoms with Crippen molar-refractivity contribution in [2.45, 2.75) is 19.5 Å². The summed E-state index contributed by atoms with van der Waals surface area (Å²) in [6.07, 6.45) is 4.86. The van der Waals surface area contributed by atoms with Crippen molar-refractivity contribution in [2.75, 3.05) is 27.2 Å². The summed E-state index contributed by atoms with van der Waals surface area (Å²) in [5.41, 5.74) is 2.22. The minimum atomic E-state index is 0.866. The van der Waals surface area contributed by atoms with Gasteiger partial charge in [-0.3, -0.25) is 14.9 Å². The molecule has 0 spiro atoms. The van der Waals surface area contributed by atoms with Gasteiger partial charge in [-0.2, -0.15) is 0 Å². The molecule has 0 amide bonds. The Morgan fingerprint density at radius 3 is 1.81 bits per heavy atom. The van der Waals surface area contributed by atoms with Crippen LogP contribution in [-0.4, -0.2) is 47.0 Å². The van der Waals surface area contributed by atoms with Gasteiger partial charge in [0.05, 0.1) is 11.4 Å². The first-order valence-corrected chi connectivity index (χ1v) is 7.41. The summed E-state index contributed by atoms with van der Waals surface area (Å²) < 4.78 is 0. The van der Waals surface area contributed by atoms with E-state index in [-0.39, 0.29) is 0 Å². The average molecular weight is 284 g/mol. The van der Waals surface area contributed by atoms with Crippen LogP contribution < -0.4 is 0 Å². The van der Waals surface area contributed by atoms with Crippen LogP contribution in [0.1, 0.15) is 17.8 Å². The molecule has 0 aliphatic rings. The highest BCUT2D eigenvalue weighted by molar-refractivity contribution is 5.06. The molecule has 0 unspecified atom stereocenters. The van der Waals surface area contributed by atoms with Gasteiger partial charge in [0.2, 0.25) is 0 Å². The fourth-order valence-electron chi connectivity index (χ4n) is 2.27. The second kappa shape index (κ2) is 8.49. The van der Waals surface area contributed by atoms with Gasteiger partial charge < -0.3 is 4.90 Å². The molecular formula is C17H24N4. The van der Waals surface area contributed by atoms with E-state index in [1.165, 1.54) is 0 Å². The largest absolute Gasteiger partial charge is 0.309 e. The Morgan fingerprint density at radius 1 is 0.810 bits per heavy atom. The van der Waals surface area contributed by atoms with E-state index in [9.17, 15) is 0 Å². The normalized spacial score (nSPS) is 11.2. The lowest BCUT2D eigenvalue weighted by Gasteiger charge is -2.22. The molecule has 0 saturated heterocycles. The highest BCUT2D eigenvalue weighted by atomic mass is 15.1. The third-order valence-corrected chi connectivity index (χ3v) is 3.30. The van der Waals surface area contributed by atoms with E-state index in [4.69, 9.17) is 0 Å². The first kappa shape index (κ1) is 15.6. The van der Waals surface area contributed by atoms with E-state index in [1.807, 2.05) is 36.7 Å². The van der Waals surface area contributed by atoms with Gasteiger partial charge in [-0.1, -0.05) is 12.1 Å². The van der Waals surface area contributed by atoms with Crippen LogP contribution in [0.15, 0.2) is 48.8 Å². The molecule has 112 valence electrons. The van der Waals surface area contributed by atoms with E-state index in [0.29, 0.717) is 0 Å². The number of aromatic nitrogens is 2. The van der Waals surface area contributed by atoms with Crippen molar-refractivity contribution in [3.63, 3.8) is 0 Å². The van der Waals surface area contributed by atoms with Gasteiger partial charge in [0, 0.05) is 32.0 Å². The van der Waals surface area contributed by atoms with E-state index in [1.54, 1.807) is 0 Å². The number of nitrogens with zero attached hydrogens (tertiary/aromatic N) is 4. The van der Waals surface area contributed by atoms with Gasteiger partial charge in [0.25, 0.3) is 0 Å². The maximum atomic E-state index is 4.43. The summed E-state index contributed by atoms with van der Waals surface area (Å²) in [4.78, 5) is 13.5. The highest BCUT2D eigenvalue weighted by Crippen LogP contribution is 2.07. The molecule has 2 aromatic heterocycles. The molecule has 0 aromatic carbocycles. The Labute approximate surface area is 127 Å². The Kier molecular flexibility index (Phi) is 6.31. The topological polar surface area (TPSA) is 32.3 Å². The van der Waals surface area contributed by atoms with Crippen molar-refractivity contribution >= 4 is 0 Å². The first-order valence-electron chi connectivity index (χ1n) is 7.41. The zero-order chi connectivity index (χ0) is 14.9. The molecule has 4 heteroatoms. The van der Waals surface area contributed by atoms with Crippen LogP contribution in [0.2, 0.25) is 0 Å². The van der Waals surface area contributed by atoms with Crippen molar-refractivity contribution in [3.8, 4) is 0 Å². The molecule has 4 nitrogen and oxygen atoms in total. The number of hydrogen-bond acceptors (Lipinski definition) is 4. The van der Waals surface area contributed by atoms with E-state index < -0.39 is 0 Å². The monoisotopic (exact) mass is 284 g/mol. The van der Waals surface area contributed by atoms with Crippen molar-refractivity contribution in [3.05, 3.63) is 60.2 Å². The molecule has 0 bridgehead atoms. The SMILES string of the molecule is CN(C)CCCN(Cc1ccccn1)Cc1ccccn1. The summed E-state index contributed by atoms with van der Waals surface area (Å²) in [5.74, 6) is 0. The van der Waals surface area contributed by atoms with Gasteiger partial charge in [0.15, 0.2) is 0 Å². The molecule has 0 radical (unpaired) electrons. The molecule has 0 N–H and O–H groups in total. The number of rotatable bonds is 8. The quantitative estimate of drug-likeness (QED) is 0.745. The van der Waals surface area contributed by atoms with Crippen LogP contribution in [0, 0.1) is 0 Å². The average Bonchev–Trinajstić information content (AvgIpc) is 2.49. The van der Waals surface area contributed by atoms with Crippen LogP contribution in [-0.2, 0) is 13.1 Å². The highest BCUT2D eigenvalue weighted by Gasteiger charge is 2.08. The van der Waals surface area contributed by atoms with Gasteiger partial charge in [0.1, 0.15) is 0 Å². The summed E-state index contributed by atoms with van der Waals surface area (Å²) >= 11 is 0. The molecule has 21 heavy (non-hydrogen) atoms. The van der Waals surface area contributed by atoms with E-state index in [2.05, 4.69) is 46.0 Å². The smallest absolute Gasteiger partial charge is 0.0544 e. The molecule has 2 aromatic rings. The lowest BCUT2D eigenvalue weighted by Crippen LogP contribution is -2.27. The van der Waals surface area contributed by atoms with Gasteiger partial charge in [-0.15, -0.1) is 0 Å². The maximum absolute atomic E-state index is 4.43. The minimum absolute atomic E-state index is 0.866. The van der Waals surface area contributed by atoms with Crippen molar-refractivity contribution in [2.24, 2.45) is 0 Å². The lowest BCUT2D eigenvalue weighted by atomic mass is 10.2. The maximum Gasteiger partial charge on any atom is 0.0544 e. The Balaban J connectivity index is 1.96. The third kappa shape index (κ3) is 6.02. The molecule has 2 heterocycles. The van der Waals surface area contributed by atoms with Gasteiger partial charge >= 0.3 is 0 Å². The van der Waals surface area contributed by atoms with Gasteiger partial charge in [-0.05, 0) is 51.3 Å². The van der Waals surface area contributed by atoms with E-state index in [0.717, 1.165) is 44.0 Å². The van der Waals surface area contributed by atoms with Crippen molar-refractivity contribution in [1.82, 2.24) is 19.8 Å². The zero-order valence-electron chi connectivity index (χ0n) is 12.9. The summed E-state index contributed by atoms with van der Waals surface area (Å²) in [6.45, 7) is 3.88. The predicted octanol–water partition coefficient (Wildman–Crippen LogP) is 2.43. The standard InChI is InChI=1S/C17H24N4/c1-20(2)12-7-13-21(14-16-8-3-5-10-18-16)15-17-9-4-6-11-19-17/h3-6,8-11H,7,12-15H2,1-2H3.